The normalized spacial score (nSPS) is 9.00. The SMILES string of the molecule is CCCCC(N)=C(N)N. The van der Waals surface area contributed by atoms with E-state index in [1.807, 2.05) is 0 Å². The van der Waals surface area contributed by atoms with E-state index >= 15 is 0 Å². The maximum Gasteiger partial charge on any atom is 0.113 e. The van der Waals surface area contributed by atoms with Crippen molar-refractivity contribution in [2.45, 2.75) is 26.2 Å². The summed E-state index contributed by atoms with van der Waals surface area (Å²) in [6.07, 6.45) is 3.00. The molecular formula is C6H15N3. The van der Waals surface area contributed by atoms with E-state index < -0.39 is 0 Å². The summed E-state index contributed by atoms with van der Waals surface area (Å²) in [7, 11) is 0. The van der Waals surface area contributed by atoms with Crippen molar-refractivity contribution in [2.75, 3.05) is 0 Å². The largest absolute Gasteiger partial charge is 0.399 e. The average molecular weight is 129 g/mol. The van der Waals surface area contributed by atoms with E-state index in [0.717, 1.165) is 19.3 Å². The molecule has 3 nitrogen and oxygen atoms in total. The number of unbranched alkanes of at least 4 members (excludes halogenated alkanes) is 1. The van der Waals surface area contributed by atoms with E-state index in [0.29, 0.717) is 5.70 Å². The van der Waals surface area contributed by atoms with Gasteiger partial charge in [0, 0.05) is 5.70 Å². The molecule has 0 saturated carbocycles. The van der Waals surface area contributed by atoms with Crippen LogP contribution in [0, 0.1) is 0 Å². The van der Waals surface area contributed by atoms with Gasteiger partial charge in [-0.15, -0.1) is 0 Å². The summed E-state index contributed by atoms with van der Waals surface area (Å²) in [4.78, 5) is 0. The quantitative estimate of drug-likeness (QED) is 0.510. The molecule has 0 saturated heterocycles. The zero-order valence-electron chi connectivity index (χ0n) is 5.85. The molecule has 0 aromatic carbocycles. The van der Waals surface area contributed by atoms with Crippen LogP contribution in [0.15, 0.2) is 11.5 Å². The number of allylic oxidation sites excluding steroid dienone is 1. The third-order valence-electron chi connectivity index (χ3n) is 1.17. The molecule has 0 amide bonds. The van der Waals surface area contributed by atoms with Crippen LogP contribution in [0.2, 0.25) is 0 Å². The summed E-state index contributed by atoms with van der Waals surface area (Å²) < 4.78 is 0. The first kappa shape index (κ1) is 8.14. The molecule has 0 aromatic heterocycles. The van der Waals surface area contributed by atoms with Crippen molar-refractivity contribution in [3.05, 3.63) is 11.5 Å². The molecule has 0 unspecified atom stereocenters. The van der Waals surface area contributed by atoms with E-state index in [2.05, 4.69) is 6.92 Å². The fourth-order valence-electron chi connectivity index (χ4n) is 0.512. The van der Waals surface area contributed by atoms with Gasteiger partial charge in [-0.05, 0) is 12.8 Å². The zero-order valence-corrected chi connectivity index (χ0v) is 5.85. The molecule has 0 fully saturated rings. The first-order chi connectivity index (χ1) is 4.18. The lowest BCUT2D eigenvalue weighted by atomic mass is 10.2. The minimum absolute atomic E-state index is 0.267. The Morgan fingerprint density at radius 1 is 1.22 bits per heavy atom. The number of hydrogen-bond acceptors (Lipinski definition) is 3. The predicted octanol–water partition coefficient (Wildman–Crippen LogP) is 0.222. The topological polar surface area (TPSA) is 78.1 Å². The van der Waals surface area contributed by atoms with Gasteiger partial charge in [0.25, 0.3) is 0 Å². The fourth-order valence-corrected chi connectivity index (χ4v) is 0.512. The highest BCUT2D eigenvalue weighted by Gasteiger charge is 1.91. The molecule has 0 aliphatic rings. The van der Waals surface area contributed by atoms with E-state index in [-0.39, 0.29) is 5.82 Å². The Bertz CT molecular complexity index is 103. The smallest absolute Gasteiger partial charge is 0.113 e. The van der Waals surface area contributed by atoms with E-state index in [1.165, 1.54) is 0 Å². The van der Waals surface area contributed by atoms with Crippen LogP contribution < -0.4 is 17.2 Å². The first-order valence-electron chi connectivity index (χ1n) is 3.18. The molecule has 0 spiro atoms. The molecule has 9 heavy (non-hydrogen) atoms. The second-order valence-corrected chi connectivity index (χ2v) is 2.08. The molecule has 3 heteroatoms. The molecule has 0 radical (unpaired) electrons. The van der Waals surface area contributed by atoms with Crippen LogP contribution in [0.5, 0.6) is 0 Å². The van der Waals surface area contributed by atoms with E-state index in [9.17, 15) is 0 Å². The molecule has 0 heterocycles. The van der Waals surface area contributed by atoms with Crippen LogP contribution in [0.25, 0.3) is 0 Å². The summed E-state index contributed by atoms with van der Waals surface area (Å²) in [5.74, 6) is 0.267. The van der Waals surface area contributed by atoms with Crippen LogP contribution >= 0.6 is 0 Å². The Morgan fingerprint density at radius 3 is 2.11 bits per heavy atom. The van der Waals surface area contributed by atoms with Gasteiger partial charge < -0.3 is 17.2 Å². The molecule has 0 aliphatic carbocycles. The lowest BCUT2D eigenvalue weighted by Crippen LogP contribution is -2.16. The van der Waals surface area contributed by atoms with Crippen molar-refractivity contribution >= 4 is 0 Å². The lowest BCUT2D eigenvalue weighted by Gasteiger charge is -2.00. The van der Waals surface area contributed by atoms with Crippen LogP contribution in [0.3, 0.4) is 0 Å². The molecule has 0 aromatic rings. The number of nitrogens with two attached hydrogens (primary N) is 3. The van der Waals surface area contributed by atoms with Gasteiger partial charge >= 0.3 is 0 Å². The first-order valence-corrected chi connectivity index (χ1v) is 3.18. The van der Waals surface area contributed by atoms with Crippen molar-refractivity contribution in [1.29, 1.82) is 0 Å². The van der Waals surface area contributed by atoms with E-state index in [1.54, 1.807) is 0 Å². The van der Waals surface area contributed by atoms with Crippen molar-refractivity contribution in [3.63, 3.8) is 0 Å². The van der Waals surface area contributed by atoms with E-state index in [4.69, 9.17) is 17.2 Å². The molecular weight excluding hydrogens is 114 g/mol. The van der Waals surface area contributed by atoms with Crippen LogP contribution in [-0.2, 0) is 0 Å². The maximum absolute atomic E-state index is 5.43. The second-order valence-electron chi connectivity index (χ2n) is 2.08. The molecule has 0 aliphatic heterocycles. The predicted molar refractivity (Wildman–Crippen MR) is 39.1 cm³/mol. The van der Waals surface area contributed by atoms with Gasteiger partial charge in [-0.25, -0.2) is 0 Å². The molecule has 6 N–H and O–H groups in total. The standard InChI is InChI=1S/C6H15N3/c1-2-3-4-5(7)6(8)9/h2-4,7-9H2,1H3. The average Bonchev–Trinajstić information content (AvgIpc) is 1.82. The second kappa shape index (κ2) is 4.06. The van der Waals surface area contributed by atoms with Gasteiger partial charge in [-0.3, -0.25) is 0 Å². The van der Waals surface area contributed by atoms with Gasteiger partial charge in [0.1, 0.15) is 5.82 Å². The van der Waals surface area contributed by atoms with Crippen LogP contribution in [0.1, 0.15) is 26.2 Å². The Balaban J connectivity index is 3.50. The highest BCUT2D eigenvalue weighted by Crippen LogP contribution is 2.00. The minimum atomic E-state index is 0.267. The van der Waals surface area contributed by atoms with Crippen LogP contribution in [0.4, 0.5) is 0 Å². The molecule has 0 bridgehead atoms. The lowest BCUT2D eigenvalue weighted by molar-refractivity contribution is 0.770. The molecule has 54 valence electrons. The molecule has 0 rings (SSSR count). The zero-order chi connectivity index (χ0) is 7.28. The van der Waals surface area contributed by atoms with Gasteiger partial charge in [-0.2, -0.15) is 0 Å². The summed E-state index contributed by atoms with van der Waals surface area (Å²) >= 11 is 0. The Hall–Kier alpha value is -0.860. The summed E-state index contributed by atoms with van der Waals surface area (Å²) in [5.41, 5.74) is 16.5. The van der Waals surface area contributed by atoms with Gasteiger partial charge in [0.15, 0.2) is 0 Å². The fraction of sp³-hybridized carbons (Fsp3) is 0.667. The van der Waals surface area contributed by atoms with Gasteiger partial charge in [0.05, 0.1) is 0 Å². The highest BCUT2D eigenvalue weighted by molar-refractivity contribution is 5.02. The Labute approximate surface area is 55.9 Å². The summed E-state index contributed by atoms with van der Waals surface area (Å²) in [6, 6.07) is 0. The number of rotatable bonds is 3. The van der Waals surface area contributed by atoms with Crippen LogP contribution in [-0.4, -0.2) is 0 Å². The minimum Gasteiger partial charge on any atom is -0.399 e. The van der Waals surface area contributed by atoms with Crippen molar-refractivity contribution in [3.8, 4) is 0 Å². The third kappa shape index (κ3) is 3.70. The summed E-state index contributed by atoms with van der Waals surface area (Å²) in [5, 5.41) is 0. The Kier molecular flexibility index (Phi) is 3.67. The van der Waals surface area contributed by atoms with Gasteiger partial charge in [0.2, 0.25) is 0 Å². The monoisotopic (exact) mass is 129 g/mol. The van der Waals surface area contributed by atoms with Crippen molar-refractivity contribution in [1.82, 2.24) is 0 Å². The number of hydrogen-bond donors (Lipinski definition) is 3. The van der Waals surface area contributed by atoms with Crippen molar-refractivity contribution in [2.24, 2.45) is 17.2 Å². The summed E-state index contributed by atoms with van der Waals surface area (Å²) in [6.45, 7) is 2.10. The van der Waals surface area contributed by atoms with Crippen molar-refractivity contribution < 1.29 is 0 Å². The Morgan fingerprint density at radius 2 is 1.78 bits per heavy atom. The maximum atomic E-state index is 5.43. The van der Waals surface area contributed by atoms with Gasteiger partial charge in [-0.1, -0.05) is 13.3 Å². The third-order valence-corrected chi connectivity index (χ3v) is 1.17. The molecule has 0 atom stereocenters. The highest BCUT2D eigenvalue weighted by atomic mass is 14.8.